The van der Waals surface area contributed by atoms with Crippen molar-refractivity contribution in [1.29, 1.82) is 0 Å². The number of rotatable bonds is 5. The molecular weight excluding hydrogens is 212 g/mol. The van der Waals surface area contributed by atoms with Gasteiger partial charge in [0.2, 0.25) is 0 Å². The number of hydrogen-bond donors (Lipinski definition) is 0. The van der Waals surface area contributed by atoms with Gasteiger partial charge in [-0.1, -0.05) is 0 Å². The van der Waals surface area contributed by atoms with E-state index in [-0.39, 0.29) is 0 Å². The van der Waals surface area contributed by atoms with Crippen LogP contribution in [0.1, 0.15) is 16.8 Å². The van der Waals surface area contributed by atoms with Crippen LogP contribution in [0.4, 0.5) is 0 Å². The molecule has 0 N–H and O–H groups in total. The summed E-state index contributed by atoms with van der Waals surface area (Å²) in [5.74, 6) is 0. The lowest BCUT2D eigenvalue weighted by atomic mass is 10.2. The zero-order valence-corrected chi connectivity index (χ0v) is 10.4. The first-order valence-corrected chi connectivity index (χ1v) is 5.89. The number of carbonyl (C=O) groups is 1. The lowest BCUT2D eigenvalue weighted by Gasteiger charge is -2.10. The molecule has 0 fully saturated rings. The third kappa shape index (κ3) is 2.74. The molecule has 1 aromatic carbocycles. The van der Waals surface area contributed by atoms with Gasteiger partial charge in [0.15, 0.2) is 0 Å². The van der Waals surface area contributed by atoms with Crippen LogP contribution in [-0.4, -0.2) is 36.4 Å². The van der Waals surface area contributed by atoms with E-state index in [0.717, 1.165) is 36.7 Å². The molecule has 3 heteroatoms. The summed E-state index contributed by atoms with van der Waals surface area (Å²) in [4.78, 5) is 12.9. The molecule has 0 unspecified atom stereocenters. The van der Waals surface area contributed by atoms with Crippen molar-refractivity contribution in [3.8, 4) is 0 Å². The van der Waals surface area contributed by atoms with Crippen molar-refractivity contribution in [3.05, 3.63) is 36.0 Å². The van der Waals surface area contributed by atoms with Gasteiger partial charge in [-0.25, -0.2) is 0 Å². The Morgan fingerprint density at radius 1 is 1.29 bits per heavy atom. The topological polar surface area (TPSA) is 25.2 Å². The molecule has 0 aliphatic heterocycles. The number of aromatic nitrogens is 1. The highest BCUT2D eigenvalue weighted by Crippen LogP contribution is 2.17. The van der Waals surface area contributed by atoms with Gasteiger partial charge in [0.25, 0.3) is 0 Å². The van der Waals surface area contributed by atoms with Crippen LogP contribution >= 0.6 is 0 Å². The Morgan fingerprint density at radius 3 is 2.82 bits per heavy atom. The molecule has 0 atom stereocenters. The predicted molar refractivity (Wildman–Crippen MR) is 70.5 cm³/mol. The number of aryl methyl sites for hydroxylation is 1. The Balaban J connectivity index is 2.16. The van der Waals surface area contributed by atoms with Crippen LogP contribution in [0.5, 0.6) is 0 Å². The monoisotopic (exact) mass is 230 g/mol. The summed E-state index contributed by atoms with van der Waals surface area (Å²) in [6.07, 6.45) is 4.12. The molecule has 1 heterocycles. The molecule has 0 aliphatic rings. The van der Waals surface area contributed by atoms with Crippen LogP contribution in [-0.2, 0) is 6.54 Å². The van der Waals surface area contributed by atoms with Gasteiger partial charge >= 0.3 is 0 Å². The van der Waals surface area contributed by atoms with Crippen molar-refractivity contribution in [3.63, 3.8) is 0 Å². The molecule has 0 spiro atoms. The number of hydrogen-bond acceptors (Lipinski definition) is 2. The molecular formula is C14H18N2O. The summed E-state index contributed by atoms with van der Waals surface area (Å²) in [5.41, 5.74) is 1.94. The molecule has 0 radical (unpaired) electrons. The summed E-state index contributed by atoms with van der Waals surface area (Å²) in [6.45, 7) is 2.11. The Hall–Kier alpha value is -1.61. The number of fused-ring (bicyclic) bond motifs is 1. The molecule has 0 aliphatic carbocycles. The first-order chi connectivity index (χ1) is 8.20. The minimum absolute atomic E-state index is 0.739. The highest BCUT2D eigenvalue weighted by molar-refractivity contribution is 5.87. The Labute approximate surface area is 102 Å². The molecule has 2 rings (SSSR count). The zero-order valence-electron chi connectivity index (χ0n) is 10.4. The lowest BCUT2D eigenvalue weighted by Crippen LogP contribution is -2.14. The smallest absolute Gasteiger partial charge is 0.150 e. The van der Waals surface area contributed by atoms with Gasteiger partial charge in [0.05, 0.1) is 0 Å². The Bertz CT molecular complexity index is 514. The van der Waals surface area contributed by atoms with Gasteiger partial charge < -0.3 is 9.47 Å². The minimum Gasteiger partial charge on any atom is -0.347 e. The van der Waals surface area contributed by atoms with Gasteiger partial charge in [-0.05, 0) is 51.3 Å². The second kappa shape index (κ2) is 5.15. The minimum atomic E-state index is 0.739. The summed E-state index contributed by atoms with van der Waals surface area (Å²) in [6, 6.07) is 7.90. The predicted octanol–water partition coefficient (Wildman–Crippen LogP) is 2.41. The van der Waals surface area contributed by atoms with E-state index >= 15 is 0 Å². The number of nitrogens with zero attached hydrogens (tertiary/aromatic N) is 2. The van der Waals surface area contributed by atoms with E-state index in [0.29, 0.717) is 0 Å². The molecule has 17 heavy (non-hydrogen) atoms. The van der Waals surface area contributed by atoms with Crippen LogP contribution in [0.15, 0.2) is 30.5 Å². The molecule has 2 aromatic rings. The fraction of sp³-hybridized carbons (Fsp3) is 0.357. The van der Waals surface area contributed by atoms with Gasteiger partial charge in [-0.15, -0.1) is 0 Å². The Kier molecular flexibility index (Phi) is 3.59. The van der Waals surface area contributed by atoms with Gasteiger partial charge in [0, 0.05) is 29.2 Å². The zero-order chi connectivity index (χ0) is 12.3. The first-order valence-electron chi connectivity index (χ1n) is 5.89. The first kappa shape index (κ1) is 11.9. The summed E-state index contributed by atoms with van der Waals surface area (Å²) < 4.78 is 2.24. The maximum atomic E-state index is 10.7. The third-order valence-corrected chi connectivity index (χ3v) is 2.94. The van der Waals surface area contributed by atoms with Crippen LogP contribution in [0.2, 0.25) is 0 Å². The van der Waals surface area contributed by atoms with Crippen LogP contribution in [0.25, 0.3) is 10.9 Å². The number of benzene rings is 1. The van der Waals surface area contributed by atoms with Crippen molar-refractivity contribution in [2.75, 3.05) is 20.6 Å². The van der Waals surface area contributed by atoms with E-state index in [9.17, 15) is 4.79 Å². The van der Waals surface area contributed by atoms with Crippen molar-refractivity contribution in [1.82, 2.24) is 9.47 Å². The van der Waals surface area contributed by atoms with Crippen LogP contribution in [0, 0.1) is 0 Å². The third-order valence-electron chi connectivity index (χ3n) is 2.94. The number of carbonyl (C=O) groups excluding carboxylic acids is 1. The average molecular weight is 230 g/mol. The second-order valence-electron chi connectivity index (χ2n) is 4.60. The van der Waals surface area contributed by atoms with Gasteiger partial charge in [-0.2, -0.15) is 0 Å². The van der Waals surface area contributed by atoms with E-state index in [1.54, 1.807) is 0 Å². The fourth-order valence-corrected chi connectivity index (χ4v) is 2.04. The molecule has 0 saturated carbocycles. The maximum absolute atomic E-state index is 10.7. The molecule has 1 aromatic heterocycles. The van der Waals surface area contributed by atoms with Crippen molar-refractivity contribution in [2.24, 2.45) is 0 Å². The van der Waals surface area contributed by atoms with Crippen LogP contribution < -0.4 is 0 Å². The molecule has 90 valence electrons. The van der Waals surface area contributed by atoms with Crippen molar-refractivity contribution >= 4 is 17.2 Å². The quantitative estimate of drug-likeness (QED) is 0.737. The SMILES string of the molecule is CN(C)CCCn1ccc2cc(C=O)ccc21. The van der Waals surface area contributed by atoms with E-state index in [2.05, 4.69) is 35.8 Å². The fourth-order valence-electron chi connectivity index (χ4n) is 2.04. The largest absolute Gasteiger partial charge is 0.347 e. The summed E-state index contributed by atoms with van der Waals surface area (Å²) >= 11 is 0. The lowest BCUT2D eigenvalue weighted by molar-refractivity contribution is 0.112. The van der Waals surface area contributed by atoms with Crippen molar-refractivity contribution in [2.45, 2.75) is 13.0 Å². The summed E-state index contributed by atoms with van der Waals surface area (Å²) in [7, 11) is 4.17. The van der Waals surface area contributed by atoms with Crippen LogP contribution in [0.3, 0.4) is 0 Å². The number of aldehydes is 1. The standard InChI is InChI=1S/C14H18N2O/c1-15(2)7-3-8-16-9-6-13-10-12(11-17)4-5-14(13)16/h4-6,9-11H,3,7-8H2,1-2H3. The molecule has 0 saturated heterocycles. The Morgan fingerprint density at radius 2 is 2.12 bits per heavy atom. The molecule has 0 amide bonds. The van der Waals surface area contributed by atoms with Crippen molar-refractivity contribution < 1.29 is 4.79 Å². The second-order valence-corrected chi connectivity index (χ2v) is 4.60. The van der Waals surface area contributed by atoms with E-state index < -0.39 is 0 Å². The summed E-state index contributed by atoms with van der Waals surface area (Å²) in [5, 5.41) is 1.14. The van der Waals surface area contributed by atoms with Gasteiger partial charge in [-0.3, -0.25) is 4.79 Å². The maximum Gasteiger partial charge on any atom is 0.150 e. The highest BCUT2D eigenvalue weighted by Gasteiger charge is 2.02. The van der Waals surface area contributed by atoms with E-state index in [1.807, 2.05) is 18.2 Å². The normalized spacial score (nSPS) is 11.2. The molecule has 0 bridgehead atoms. The molecule has 3 nitrogen and oxygen atoms in total. The highest BCUT2D eigenvalue weighted by atomic mass is 16.1. The average Bonchev–Trinajstić information content (AvgIpc) is 2.71. The van der Waals surface area contributed by atoms with E-state index in [1.165, 1.54) is 5.52 Å². The van der Waals surface area contributed by atoms with E-state index in [4.69, 9.17) is 0 Å². The van der Waals surface area contributed by atoms with Gasteiger partial charge in [0.1, 0.15) is 6.29 Å².